The molecule has 0 saturated carbocycles. The molecule has 0 spiro atoms. The van der Waals surface area contributed by atoms with Gasteiger partial charge in [0.25, 0.3) is 10.0 Å². The minimum absolute atomic E-state index is 0.0682. The number of benzene rings is 2. The molecule has 0 aliphatic heterocycles. The third-order valence-electron chi connectivity index (χ3n) is 3.53. The van der Waals surface area contributed by atoms with Gasteiger partial charge in [0.15, 0.2) is 6.29 Å². The quantitative estimate of drug-likeness (QED) is 0.682. The second kappa shape index (κ2) is 6.01. The molecule has 3 rings (SSSR count). The van der Waals surface area contributed by atoms with Crippen LogP contribution >= 0.6 is 0 Å². The van der Waals surface area contributed by atoms with E-state index >= 15 is 0 Å². The van der Waals surface area contributed by atoms with Crippen LogP contribution in [-0.4, -0.2) is 23.9 Å². The molecule has 0 atom stereocenters. The maximum absolute atomic E-state index is 13.0. The molecule has 0 aliphatic rings. The van der Waals surface area contributed by atoms with Gasteiger partial charge in [-0.3, -0.25) is 4.79 Å². The summed E-state index contributed by atoms with van der Waals surface area (Å²) >= 11 is 0. The van der Waals surface area contributed by atoms with Gasteiger partial charge in [-0.2, -0.15) is 17.6 Å². The van der Waals surface area contributed by atoms with Gasteiger partial charge < -0.3 is 0 Å². The number of aryl methyl sites for hydroxylation is 1. The highest BCUT2D eigenvalue weighted by atomic mass is 32.2. The molecule has 2 aromatic carbocycles. The second-order valence-corrected chi connectivity index (χ2v) is 7.04. The van der Waals surface area contributed by atoms with Crippen molar-refractivity contribution in [2.24, 2.45) is 0 Å². The second-order valence-electron chi connectivity index (χ2n) is 5.25. The lowest BCUT2D eigenvalue weighted by atomic mass is 10.1. The normalized spacial score (nSPS) is 11.4. The molecule has 0 bridgehead atoms. The fourth-order valence-corrected chi connectivity index (χ4v) is 3.36. The monoisotopic (exact) mass is 344 g/mol. The number of nitrogens with zero attached hydrogens (tertiary/aromatic N) is 2. The Labute approximate surface area is 138 Å². The van der Waals surface area contributed by atoms with E-state index in [1.807, 2.05) is 6.92 Å². The van der Waals surface area contributed by atoms with E-state index in [0.717, 1.165) is 15.8 Å². The predicted molar refractivity (Wildman–Crippen MR) is 86.8 cm³/mol. The SMILES string of the molecule is Cc1ccc(S(=O)(=O)n2cc(C=O)c(-c3ccc(F)cc3)n2)cc1. The van der Waals surface area contributed by atoms with Crippen molar-refractivity contribution in [3.05, 3.63) is 71.7 Å². The fourth-order valence-electron chi connectivity index (χ4n) is 2.23. The van der Waals surface area contributed by atoms with Crippen LogP contribution in [0, 0.1) is 12.7 Å². The summed E-state index contributed by atoms with van der Waals surface area (Å²) in [4.78, 5) is 11.3. The van der Waals surface area contributed by atoms with Crippen molar-refractivity contribution in [3.8, 4) is 11.3 Å². The average molecular weight is 344 g/mol. The molecule has 5 nitrogen and oxygen atoms in total. The van der Waals surface area contributed by atoms with Crippen molar-refractivity contribution in [3.63, 3.8) is 0 Å². The van der Waals surface area contributed by atoms with Gasteiger partial charge in [0.05, 0.1) is 16.7 Å². The minimum atomic E-state index is -3.91. The molecule has 122 valence electrons. The van der Waals surface area contributed by atoms with E-state index in [9.17, 15) is 17.6 Å². The van der Waals surface area contributed by atoms with Crippen LogP contribution in [-0.2, 0) is 10.0 Å². The van der Waals surface area contributed by atoms with Crippen LogP contribution in [0.1, 0.15) is 15.9 Å². The highest BCUT2D eigenvalue weighted by molar-refractivity contribution is 7.89. The Bertz CT molecular complexity index is 991. The number of carbonyl (C=O) groups excluding carboxylic acids is 1. The van der Waals surface area contributed by atoms with Gasteiger partial charge >= 0.3 is 0 Å². The summed E-state index contributed by atoms with van der Waals surface area (Å²) in [7, 11) is -3.91. The Morgan fingerprint density at radius 2 is 1.67 bits per heavy atom. The van der Waals surface area contributed by atoms with Crippen LogP contribution in [0.15, 0.2) is 59.6 Å². The Morgan fingerprint density at radius 1 is 1.04 bits per heavy atom. The van der Waals surface area contributed by atoms with Crippen molar-refractivity contribution in [2.75, 3.05) is 0 Å². The summed E-state index contributed by atoms with van der Waals surface area (Å²) in [6, 6.07) is 11.6. The predicted octanol–water partition coefficient (Wildman–Crippen LogP) is 3.05. The van der Waals surface area contributed by atoms with Crippen LogP contribution in [0.25, 0.3) is 11.3 Å². The number of rotatable bonds is 4. The molecule has 0 aliphatic carbocycles. The lowest BCUT2D eigenvalue weighted by Gasteiger charge is -2.04. The zero-order valence-electron chi connectivity index (χ0n) is 12.7. The fraction of sp³-hybridized carbons (Fsp3) is 0.0588. The van der Waals surface area contributed by atoms with Crippen LogP contribution < -0.4 is 0 Å². The smallest absolute Gasteiger partial charge is 0.282 e. The van der Waals surface area contributed by atoms with Gasteiger partial charge in [0, 0.05) is 5.56 Å². The van der Waals surface area contributed by atoms with Crippen LogP contribution in [0.3, 0.4) is 0 Å². The number of carbonyl (C=O) groups is 1. The Morgan fingerprint density at radius 3 is 2.25 bits per heavy atom. The maximum atomic E-state index is 13.0. The third kappa shape index (κ3) is 2.85. The summed E-state index contributed by atoms with van der Waals surface area (Å²) < 4.78 is 39.1. The molecule has 24 heavy (non-hydrogen) atoms. The zero-order valence-corrected chi connectivity index (χ0v) is 13.5. The molecule has 0 amide bonds. The van der Waals surface area contributed by atoms with Gasteiger partial charge in [-0.25, -0.2) is 4.39 Å². The van der Waals surface area contributed by atoms with Crippen molar-refractivity contribution >= 4 is 16.3 Å². The molecule has 3 aromatic rings. The van der Waals surface area contributed by atoms with E-state index < -0.39 is 15.8 Å². The number of hydrogen-bond acceptors (Lipinski definition) is 4. The van der Waals surface area contributed by atoms with Crippen molar-refractivity contribution in [1.82, 2.24) is 9.19 Å². The zero-order chi connectivity index (χ0) is 17.3. The molecule has 0 radical (unpaired) electrons. The van der Waals surface area contributed by atoms with Gasteiger partial charge in [-0.05, 0) is 43.3 Å². The third-order valence-corrected chi connectivity index (χ3v) is 5.08. The summed E-state index contributed by atoms with van der Waals surface area (Å²) in [5, 5.41) is 4.03. The van der Waals surface area contributed by atoms with Crippen LogP contribution in [0.5, 0.6) is 0 Å². The molecular weight excluding hydrogens is 331 g/mol. The molecule has 7 heteroatoms. The van der Waals surface area contributed by atoms with Gasteiger partial charge in [-0.15, -0.1) is 0 Å². The number of halogens is 1. The summed E-state index contributed by atoms with van der Waals surface area (Å²) in [6.07, 6.45) is 1.67. The first-order chi connectivity index (χ1) is 11.4. The van der Waals surface area contributed by atoms with Crippen molar-refractivity contribution in [1.29, 1.82) is 0 Å². The standard InChI is InChI=1S/C17H13FN2O3S/c1-12-2-8-16(9-3-12)24(22,23)20-10-14(11-21)17(19-20)13-4-6-15(18)7-5-13/h2-11H,1H3. The van der Waals surface area contributed by atoms with Crippen LogP contribution in [0.4, 0.5) is 4.39 Å². The van der Waals surface area contributed by atoms with Gasteiger partial charge in [-0.1, -0.05) is 17.7 Å². The van der Waals surface area contributed by atoms with E-state index in [2.05, 4.69) is 5.10 Å². The summed E-state index contributed by atoms with van der Waals surface area (Å²) in [5.41, 5.74) is 1.67. The summed E-state index contributed by atoms with van der Waals surface area (Å²) in [6.45, 7) is 1.85. The molecule has 0 saturated heterocycles. The molecule has 0 unspecified atom stereocenters. The van der Waals surface area contributed by atoms with Gasteiger partial charge in [0.2, 0.25) is 0 Å². The molecule has 1 heterocycles. The van der Waals surface area contributed by atoms with Crippen molar-refractivity contribution in [2.45, 2.75) is 11.8 Å². The first-order valence-electron chi connectivity index (χ1n) is 7.05. The van der Waals surface area contributed by atoms with Crippen LogP contribution in [0.2, 0.25) is 0 Å². The first-order valence-corrected chi connectivity index (χ1v) is 8.49. The lowest BCUT2D eigenvalue weighted by Crippen LogP contribution is -2.13. The highest BCUT2D eigenvalue weighted by Gasteiger charge is 2.21. The largest absolute Gasteiger partial charge is 0.298 e. The Hall–Kier alpha value is -2.80. The van der Waals surface area contributed by atoms with E-state index in [4.69, 9.17) is 0 Å². The van der Waals surface area contributed by atoms with E-state index in [0.29, 0.717) is 11.8 Å². The lowest BCUT2D eigenvalue weighted by molar-refractivity contribution is 0.112. The molecule has 0 N–H and O–H groups in total. The first kappa shape index (κ1) is 16.1. The number of hydrogen-bond donors (Lipinski definition) is 0. The molecule has 0 fully saturated rings. The average Bonchev–Trinajstić information content (AvgIpc) is 3.01. The summed E-state index contributed by atoms with van der Waals surface area (Å²) in [5.74, 6) is -0.432. The highest BCUT2D eigenvalue weighted by Crippen LogP contribution is 2.23. The van der Waals surface area contributed by atoms with E-state index in [1.54, 1.807) is 12.1 Å². The molecule has 1 aromatic heterocycles. The molecular formula is C17H13FN2O3S. The van der Waals surface area contributed by atoms with E-state index in [-0.39, 0.29) is 16.2 Å². The topological polar surface area (TPSA) is 69.0 Å². The minimum Gasteiger partial charge on any atom is -0.298 e. The number of aromatic nitrogens is 2. The number of aldehydes is 1. The van der Waals surface area contributed by atoms with Gasteiger partial charge in [0.1, 0.15) is 11.5 Å². The van der Waals surface area contributed by atoms with E-state index in [1.165, 1.54) is 36.4 Å². The Balaban J connectivity index is 2.11. The Kier molecular flexibility index (Phi) is 4.02. The van der Waals surface area contributed by atoms with Crippen molar-refractivity contribution < 1.29 is 17.6 Å². The maximum Gasteiger partial charge on any atom is 0.282 e.